The highest BCUT2D eigenvalue weighted by atomic mass is 16.5. The van der Waals surface area contributed by atoms with Crippen molar-refractivity contribution in [2.45, 2.75) is 38.2 Å². The molecule has 1 aliphatic carbocycles. The number of hydrogen-bond acceptors (Lipinski definition) is 2. The number of Topliss-reactive ketones (excluding diaryl/α,β-unsaturated/α-hetero) is 1. The van der Waals surface area contributed by atoms with E-state index < -0.39 is 0 Å². The number of carbonyl (C=O) groups excluding carboxylic acids is 1. The quantitative estimate of drug-likeness (QED) is 0.644. The smallest absolute Gasteiger partial charge is 0.160 e. The van der Waals surface area contributed by atoms with Crippen LogP contribution in [0.5, 0.6) is 0 Å². The Kier molecular flexibility index (Phi) is 3.23. The largest absolute Gasteiger partial charge is 0.378 e. The molecule has 1 fully saturated rings. The second kappa shape index (κ2) is 4.63. The lowest BCUT2D eigenvalue weighted by molar-refractivity contribution is -0.116. The number of ketones is 1. The molecular weight excluding hydrogens is 188 g/mol. The highest BCUT2D eigenvalue weighted by molar-refractivity contribution is 5.98. The Labute approximate surface area is 90.7 Å². The first-order valence-electron chi connectivity index (χ1n) is 5.60. The topological polar surface area (TPSA) is 26.3 Å². The van der Waals surface area contributed by atoms with Crippen molar-refractivity contribution in [3.63, 3.8) is 0 Å². The summed E-state index contributed by atoms with van der Waals surface area (Å²) in [5.74, 6) is 3.03. The molecule has 0 spiro atoms. The zero-order valence-electron chi connectivity index (χ0n) is 8.87. The molecule has 1 aliphatic heterocycles. The molecule has 1 saturated heterocycles. The summed E-state index contributed by atoms with van der Waals surface area (Å²) in [6.45, 7) is 0.841. The van der Waals surface area contributed by atoms with Gasteiger partial charge in [-0.15, -0.1) is 12.3 Å². The Morgan fingerprint density at radius 2 is 2.40 bits per heavy atom. The van der Waals surface area contributed by atoms with E-state index in [9.17, 15) is 4.79 Å². The van der Waals surface area contributed by atoms with Gasteiger partial charge in [0.2, 0.25) is 0 Å². The number of terminal acetylenes is 1. The summed E-state index contributed by atoms with van der Waals surface area (Å²) in [5, 5.41) is 0. The number of allylic oxidation sites excluding steroid dienone is 1. The zero-order chi connectivity index (χ0) is 10.7. The fourth-order valence-electron chi connectivity index (χ4n) is 2.36. The number of ether oxygens (including phenoxy) is 1. The summed E-state index contributed by atoms with van der Waals surface area (Å²) >= 11 is 0. The van der Waals surface area contributed by atoms with Gasteiger partial charge < -0.3 is 4.74 Å². The van der Waals surface area contributed by atoms with Gasteiger partial charge >= 0.3 is 0 Å². The first-order valence-corrected chi connectivity index (χ1v) is 5.60. The van der Waals surface area contributed by atoms with E-state index in [1.165, 1.54) is 6.42 Å². The molecule has 2 heteroatoms. The SMILES string of the molecule is C#CCC1=CC(C2CCCCO2)CC1=O. The Bertz CT molecular complexity index is 316. The van der Waals surface area contributed by atoms with Gasteiger partial charge in [0.05, 0.1) is 6.10 Å². The van der Waals surface area contributed by atoms with Crippen LogP contribution in [0.25, 0.3) is 0 Å². The molecule has 0 N–H and O–H groups in total. The van der Waals surface area contributed by atoms with E-state index in [1.54, 1.807) is 0 Å². The molecule has 0 aromatic carbocycles. The minimum absolute atomic E-state index is 0.215. The summed E-state index contributed by atoms with van der Waals surface area (Å²) in [6, 6.07) is 0. The van der Waals surface area contributed by atoms with Crippen LogP contribution < -0.4 is 0 Å². The van der Waals surface area contributed by atoms with Gasteiger partial charge in [0.15, 0.2) is 5.78 Å². The maximum Gasteiger partial charge on any atom is 0.160 e. The molecule has 0 aromatic rings. The summed E-state index contributed by atoms with van der Waals surface area (Å²) in [7, 11) is 0. The molecule has 0 bridgehead atoms. The standard InChI is InChI=1S/C13H16O2/c1-2-5-10-8-11(9-12(10)14)13-6-3-4-7-15-13/h1,8,11,13H,3-7,9H2. The van der Waals surface area contributed by atoms with E-state index in [1.807, 2.05) is 6.08 Å². The van der Waals surface area contributed by atoms with Gasteiger partial charge in [-0.1, -0.05) is 6.08 Å². The van der Waals surface area contributed by atoms with Crippen LogP contribution in [-0.4, -0.2) is 18.5 Å². The monoisotopic (exact) mass is 204 g/mol. The Balaban J connectivity index is 2.00. The molecule has 0 saturated carbocycles. The third kappa shape index (κ3) is 2.30. The maximum absolute atomic E-state index is 11.6. The predicted molar refractivity (Wildman–Crippen MR) is 58.2 cm³/mol. The third-order valence-electron chi connectivity index (χ3n) is 3.18. The van der Waals surface area contributed by atoms with Crippen molar-refractivity contribution in [2.24, 2.45) is 5.92 Å². The van der Waals surface area contributed by atoms with Gasteiger partial charge in [0, 0.05) is 30.9 Å². The van der Waals surface area contributed by atoms with Gasteiger partial charge in [0.1, 0.15) is 0 Å². The fourth-order valence-corrected chi connectivity index (χ4v) is 2.36. The Morgan fingerprint density at radius 3 is 3.07 bits per heavy atom. The summed E-state index contributed by atoms with van der Waals surface area (Å²) in [5.41, 5.74) is 0.816. The first kappa shape index (κ1) is 10.4. The minimum Gasteiger partial charge on any atom is -0.378 e. The first-order chi connectivity index (χ1) is 7.31. The van der Waals surface area contributed by atoms with Crippen LogP contribution in [0.2, 0.25) is 0 Å². The number of hydrogen-bond donors (Lipinski definition) is 0. The molecule has 2 aliphatic rings. The average molecular weight is 204 g/mol. The van der Waals surface area contributed by atoms with Crippen molar-refractivity contribution in [3.8, 4) is 12.3 Å². The van der Waals surface area contributed by atoms with Crippen molar-refractivity contribution in [2.75, 3.05) is 6.61 Å². The van der Waals surface area contributed by atoms with Crippen LogP contribution >= 0.6 is 0 Å². The zero-order valence-corrected chi connectivity index (χ0v) is 8.87. The number of rotatable bonds is 2. The van der Waals surface area contributed by atoms with E-state index in [0.717, 1.165) is 25.0 Å². The Morgan fingerprint density at radius 1 is 1.53 bits per heavy atom. The van der Waals surface area contributed by atoms with Crippen LogP contribution in [-0.2, 0) is 9.53 Å². The molecule has 0 radical (unpaired) electrons. The maximum atomic E-state index is 11.6. The van der Waals surface area contributed by atoms with Gasteiger partial charge in [-0.05, 0) is 19.3 Å². The molecule has 15 heavy (non-hydrogen) atoms. The van der Waals surface area contributed by atoms with E-state index in [4.69, 9.17) is 11.2 Å². The van der Waals surface area contributed by atoms with Gasteiger partial charge in [0.25, 0.3) is 0 Å². The summed E-state index contributed by atoms with van der Waals surface area (Å²) in [4.78, 5) is 11.6. The minimum atomic E-state index is 0.215. The normalized spacial score (nSPS) is 31.1. The molecule has 2 unspecified atom stereocenters. The van der Waals surface area contributed by atoms with Gasteiger partial charge in [-0.25, -0.2) is 0 Å². The molecule has 0 amide bonds. The van der Waals surface area contributed by atoms with E-state index in [-0.39, 0.29) is 17.8 Å². The van der Waals surface area contributed by atoms with Crippen LogP contribution in [0.3, 0.4) is 0 Å². The predicted octanol–water partition coefficient (Wildman–Crippen LogP) is 2.09. The van der Waals surface area contributed by atoms with Crippen LogP contribution in [0, 0.1) is 18.3 Å². The molecule has 2 atom stereocenters. The second-order valence-corrected chi connectivity index (χ2v) is 4.27. The van der Waals surface area contributed by atoms with Gasteiger partial charge in [-0.2, -0.15) is 0 Å². The second-order valence-electron chi connectivity index (χ2n) is 4.27. The molecule has 1 heterocycles. The van der Waals surface area contributed by atoms with Gasteiger partial charge in [-0.3, -0.25) is 4.79 Å². The fraction of sp³-hybridized carbons (Fsp3) is 0.615. The lowest BCUT2D eigenvalue weighted by Crippen LogP contribution is -2.26. The molecule has 0 aromatic heterocycles. The molecular formula is C13H16O2. The summed E-state index contributed by atoms with van der Waals surface area (Å²) < 4.78 is 5.69. The van der Waals surface area contributed by atoms with Crippen LogP contribution in [0.4, 0.5) is 0 Å². The van der Waals surface area contributed by atoms with E-state index in [0.29, 0.717) is 12.8 Å². The van der Waals surface area contributed by atoms with Crippen molar-refractivity contribution in [3.05, 3.63) is 11.6 Å². The highest BCUT2D eigenvalue weighted by Crippen LogP contribution is 2.31. The van der Waals surface area contributed by atoms with Crippen molar-refractivity contribution in [1.82, 2.24) is 0 Å². The third-order valence-corrected chi connectivity index (χ3v) is 3.18. The van der Waals surface area contributed by atoms with Crippen LogP contribution in [0.15, 0.2) is 11.6 Å². The Hall–Kier alpha value is -1.07. The van der Waals surface area contributed by atoms with E-state index in [2.05, 4.69) is 5.92 Å². The van der Waals surface area contributed by atoms with E-state index >= 15 is 0 Å². The number of carbonyl (C=O) groups is 1. The lowest BCUT2D eigenvalue weighted by Gasteiger charge is -2.26. The van der Waals surface area contributed by atoms with Crippen molar-refractivity contribution < 1.29 is 9.53 Å². The lowest BCUT2D eigenvalue weighted by atomic mass is 9.95. The highest BCUT2D eigenvalue weighted by Gasteiger charge is 2.31. The average Bonchev–Trinajstić information content (AvgIpc) is 2.63. The molecule has 2 rings (SSSR count). The van der Waals surface area contributed by atoms with Crippen LogP contribution in [0.1, 0.15) is 32.1 Å². The van der Waals surface area contributed by atoms with Crippen molar-refractivity contribution in [1.29, 1.82) is 0 Å². The summed E-state index contributed by atoms with van der Waals surface area (Å²) in [6.07, 6.45) is 12.0. The molecule has 2 nitrogen and oxygen atoms in total. The molecule has 80 valence electrons. The van der Waals surface area contributed by atoms with Crippen molar-refractivity contribution >= 4 is 5.78 Å².